The number of hydrogen-bond acceptors (Lipinski definition) is 7. The lowest BCUT2D eigenvalue weighted by molar-refractivity contribution is -0.117. The van der Waals surface area contributed by atoms with Gasteiger partial charge in [0.05, 0.1) is 36.3 Å². The number of anilines is 1. The Labute approximate surface area is 190 Å². The van der Waals surface area contributed by atoms with Crippen molar-refractivity contribution in [2.75, 3.05) is 56.2 Å². The Hall–Kier alpha value is -1.93. The van der Waals surface area contributed by atoms with Gasteiger partial charge in [0.1, 0.15) is 11.9 Å². The highest BCUT2D eigenvalue weighted by Gasteiger charge is 2.34. The van der Waals surface area contributed by atoms with Crippen LogP contribution in [-0.4, -0.2) is 91.7 Å². The zero-order valence-corrected chi connectivity index (χ0v) is 19.8. The SMILES string of the molecule is Cc1c(C#N)c(NC(=O)CN2CCN([C@@H]3CCS(=O)(=O)C3)CC2)n(C[C@@H]2CCCO2)c1C. The fraction of sp³-hybridized carbons (Fsp3) is 0.727. The number of aromatic nitrogens is 1. The smallest absolute Gasteiger partial charge is 0.239 e. The second-order valence-corrected chi connectivity index (χ2v) is 11.4. The first-order valence-electron chi connectivity index (χ1n) is 11.5. The lowest BCUT2D eigenvalue weighted by Gasteiger charge is -2.37. The Bertz CT molecular complexity index is 998. The molecule has 3 aliphatic heterocycles. The molecule has 9 nitrogen and oxygen atoms in total. The molecule has 3 fully saturated rings. The molecule has 2 atom stereocenters. The number of piperazine rings is 1. The molecule has 0 aromatic carbocycles. The van der Waals surface area contributed by atoms with E-state index in [9.17, 15) is 18.5 Å². The quantitative estimate of drug-likeness (QED) is 0.668. The van der Waals surface area contributed by atoms with Gasteiger partial charge in [0.25, 0.3) is 0 Å². The van der Waals surface area contributed by atoms with Crippen molar-refractivity contribution in [1.82, 2.24) is 14.4 Å². The van der Waals surface area contributed by atoms with Gasteiger partial charge in [0.2, 0.25) is 5.91 Å². The van der Waals surface area contributed by atoms with Crippen LogP contribution < -0.4 is 5.32 Å². The minimum Gasteiger partial charge on any atom is -0.376 e. The van der Waals surface area contributed by atoms with Crippen LogP contribution >= 0.6 is 0 Å². The normalized spacial score (nSPS) is 26.3. The van der Waals surface area contributed by atoms with Crippen molar-refractivity contribution in [3.63, 3.8) is 0 Å². The number of amides is 1. The number of carbonyl (C=O) groups is 1. The van der Waals surface area contributed by atoms with E-state index >= 15 is 0 Å². The topological polar surface area (TPSA) is 108 Å². The number of nitrogens with one attached hydrogen (secondary N) is 1. The highest BCUT2D eigenvalue weighted by molar-refractivity contribution is 7.91. The Balaban J connectivity index is 1.36. The molecular weight excluding hydrogens is 430 g/mol. The van der Waals surface area contributed by atoms with Crippen LogP contribution in [0, 0.1) is 25.2 Å². The average Bonchev–Trinajstić information content (AvgIpc) is 3.45. The summed E-state index contributed by atoms with van der Waals surface area (Å²) < 4.78 is 31.3. The van der Waals surface area contributed by atoms with Crippen molar-refractivity contribution in [3.05, 3.63) is 16.8 Å². The Morgan fingerprint density at radius 1 is 1.22 bits per heavy atom. The predicted octanol–water partition coefficient (Wildman–Crippen LogP) is 0.899. The molecule has 0 spiro atoms. The van der Waals surface area contributed by atoms with Crippen molar-refractivity contribution >= 4 is 21.6 Å². The van der Waals surface area contributed by atoms with E-state index in [4.69, 9.17) is 4.74 Å². The first kappa shape index (κ1) is 23.2. The van der Waals surface area contributed by atoms with Crippen molar-refractivity contribution in [2.45, 2.75) is 51.8 Å². The molecule has 4 heterocycles. The van der Waals surface area contributed by atoms with Crippen molar-refractivity contribution in [3.8, 4) is 6.07 Å². The van der Waals surface area contributed by atoms with E-state index < -0.39 is 9.84 Å². The number of nitrogens with zero attached hydrogens (tertiary/aromatic N) is 4. The first-order chi connectivity index (χ1) is 15.3. The third-order valence-corrected chi connectivity index (χ3v) is 8.86. The van der Waals surface area contributed by atoms with Gasteiger partial charge in [0, 0.05) is 44.5 Å². The van der Waals surface area contributed by atoms with E-state index in [0.717, 1.165) is 56.9 Å². The van der Waals surface area contributed by atoms with Gasteiger partial charge in [-0.15, -0.1) is 0 Å². The summed E-state index contributed by atoms with van der Waals surface area (Å²) in [6, 6.07) is 2.37. The maximum atomic E-state index is 12.9. The zero-order valence-electron chi connectivity index (χ0n) is 19.0. The van der Waals surface area contributed by atoms with Gasteiger partial charge in [-0.3, -0.25) is 14.6 Å². The number of carbonyl (C=O) groups excluding carboxylic acids is 1. The molecule has 0 aliphatic carbocycles. The summed E-state index contributed by atoms with van der Waals surface area (Å²) in [5.74, 6) is 0.971. The summed E-state index contributed by atoms with van der Waals surface area (Å²) in [4.78, 5) is 17.2. The van der Waals surface area contributed by atoms with E-state index in [1.54, 1.807) is 0 Å². The molecule has 3 aliphatic rings. The molecule has 10 heteroatoms. The minimum absolute atomic E-state index is 0.107. The van der Waals surface area contributed by atoms with Gasteiger partial charge in [-0.25, -0.2) is 8.42 Å². The Kier molecular flexibility index (Phi) is 6.91. The van der Waals surface area contributed by atoms with Crippen LogP contribution in [0.15, 0.2) is 0 Å². The summed E-state index contributed by atoms with van der Waals surface area (Å²) >= 11 is 0. The minimum atomic E-state index is -2.89. The van der Waals surface area contributed by atoms with Crippen molar-refractivity contribution in [1.29, 1.82) is 5.26 Å². The van der Waals surface area contributed by atoms with Crippen LogP contribution in [0.25, 0.3) is 0 Å². The van der Waals surface area contributed by atoms with Crippen molar-refractivity contribution in [2.24, 2.45) is 0 Å². The summed E-state index contributed by atoms with van der Waals surface area (Å²) in [5.41, 5.74) is 2.38. The molecule has 32 heavy (non-hydrogen) atoms. The van der Waals surface area contributed by atoms with Crippen LogP contribution in [0.4, 0.5) is 5.82 Å². The lowest BCUT2D eigenvalue weighted by atomic mass is 10.2. The largest absolute Gasteiger partial charge is 0.376 e. The standard InChI is InChI=1S/C22H33N5O4S/c1-16-17(2)27(13-19-4-3-10-31-19)22(20(16)12-23)24-21(28)14-25-6-8-26(9-7-25)18-5-11-32(29,30)15-18/h18-19H,3-11,13-15H2,1-2H3,(H,24,28)/t18-,19+/m1/s1. The lowest BCUT2D eigenvalue weighted by Crippen LogP contribution is -2.52. The molecule has 3 saturated heterocycles. The molecular formula is C22H33N5O4S. The second-order valence-electron chi connectivity index (χ2n) is 9.21. The van der Waals surface area contributed by atoms with Crippen LogP contribution in [0.3, 0.4) is 0 Å². The predicted molar refractivity (Wildman–Crippen MR) is 121 cm³/mol. The maximum Gasteiger partial charge on any atom is 0.239 e. The van der Waals surface area contributed by atoms with Gasteiger partial charge in [-0.1, -0.05) is 0 Å². The average molecular weight is 464 g/mol. The number of ether oxygens (including phenoxy) is 1. The molecule has 1 aromatic heterocycles. The molecule has 0 radical (unpaired) electrons. The van der Waals surface area contributed by atoms with E-state index in [2.05, 4.69) is 21.2 Å². The van der Waals surface area contributed by atoms with Crippen LogP contribution in [0.1, 0.15) is 36.1 Å². The highest BCUT2D eigenvalue weighted by Crippen LogP contribution is 2.28. The summed E-state index contributed by atoms with van der Waals surface area (Å²) in [7, 11) is -2.89. The Morgan fingerprint density at radius 2 is 1.97 bits per heavy atom. The van der Waals surface area contributed by atoms with E-state index in [1.165, 1.54) is 0 Å². The fourth-order valence-electron chi connectivity index (χ4n) is 5.08. The molecule has 0 unspecified atom stereocenters. The molecule has 0 bridgehead atoms. The molecule has 1 aromatic rings. The number of sulfone groups is 1. The summed E-state index contributed by atoms with van der Waals surface area (Å²) in [5, 5.41) is 12.7. The maximum absolute atomic E-state index is 12.9. The van der Waals surface area contributed by atoms with Crippen LogP contribution in [0.5, 0.6) is 0 Å². The van der Waals surface area contributed by atoms with Gasteiger partial charge in [-0.2, -0.15) is 5.26 Å². The van der Waals surface area contributed by atoms with Crippen molar-refractivity contribution < 1.29 is 17.9 Å². The summed E-state index contributed by atoms with van der Waals surface area (Å²) in [6.07, 6.45) is 2.84. The van der Waals surface area contributed by atoms with E-state index in [-0.39, 0.29) is 36.1 Å². The number of nitriles is 1. The Morgan fingerprint density at radius 3 is 2.56 bits per heavy atom. The molecule has 4 rings (SSSR count). The van der Waals surface area contributed by atoms with Gasteiger partial charge in [0.15, 0.2) is 9.84 Å². The molecule has 1 amide bonds. The second kappa shape index (κ2) is 9.51. The molecule has 176 valence electrons. The van der Waals surface area contributed by atoms with Gasteiger partial charge >= 0.3 is 0 Å². The first-order valence-corrected chi connectivity index (χ1v) is 13.3. The molecule has 1 N–H and O–H groups in total. The van der Waals surface area contributed by atoms with Gasteiger partial charge in [-0.05, 0) is 38.7 Å². The fourth-order valence-corrected chi connectivity index (χ4v) is 6.84. The third-order valence-electron chi connectivity index (χ3n) is 7.11. The number of rotatable bonds is 6. The zero-order chi connectivity index (χ0) is 22.9. The van der Waals surface area contributed by atoms with Crippen LogP contribution in [-0.2, 0) is 25.9 Å². The monoisotopic (exact) mass is 463 g/mol. The van der Waals surface area contributed by atoms with Crippen LogP contribution in [0.2, 0.25) is 0 Å². The summed E-state index contributed by atoms with van der Waals surface area (Å²) in [6.45, 7) is 8.53. The molecule has 0 saturated carbocycles. The third kappa shape index (κ3) is 5.01. The highest BCUT2D eigenvalue weighted by atomic mass is 32.2. The van der Waals surface area contributed by atoms with E-state index in [1.807, 2.05) is 18.4 Å². The van der Waals surface area contributed by atoms with E-state index in [0.29, 0.717) is 24.3 Å². The number of hydrogen-bond donors (Lipinski definition) is 1. The van der Waals surface area contributed by atoms with Gasteiger partial charge < -0.3 is 14.6 Å².